The van der Waals surface area contributed by atoms with Gasteiger partial charge in [0, 0.05) is 15.1 Å². The maximum absolute atomic E-state index is 12.0. The second-order valence-electron chi connectivity index (χ2n) is 3.63. The average Bonchev–Trinajstić information content (AvgIpc) is 2.31. The highest BCUT2D eigenvalue weighted by atomic mass is 79.9. The lowest BCUT2D eigenvalue weighted by Crippen LogP contribution is -2.11. The molecule has 2 rings (SSSR count). The second kappa shape index (κ2) is 5.42. The summed E-state index contributed by atoms with van der Waals surface area (Å²) >= 11 is 9.14. The third-order valence-electron chi connectivity index (χ3n) is 2.28. The topological polar surface area (TPSA) is 49.3 Å². The molecule has 0 aliphatic carbocycles. The Morgan fingerprint density at radius 1 is 1.22 bits per heavy atom. The molecule has 0 aliphatic rings. The van der Waals surface area contributed by atoms with E-state index in [9.17, 15) is 9.90 Å². The molecule has 3 nitrogen and oxygen atoms in total. The van der Waals surface area contributed by atoms with Gasteiger partial charge in [-0.15, -0.1) is 0 Å². The number of nitrogens with one attached hydrogen (secondary N) is 1. The summed E-state index contributed by atoms with van der Waals surface area (Å²) in [6.07, 6.45) is 0. The SMILES string of the molecule is O=C(Nc1ccccc1O)c1cc(Cl)cc(Br)c1. The van der Waals surface area contributed by atoms with E-state index < -0.39 is 0 Å². The van der Waals surface area contributed by atoms with E-state index in [1.54, 1.807) is 36.4 Å². The number of phenols is 1. The van der Waals surface area contributed by atoms with Crippen LogP contribution >= 0.6 is 27.5 Å². The highest BCUT2D eigenvalue weighted by Crippen LogP contribution is 2.24. The van der Waals surface area contributed by atoms with Gasteiger partial charge in [-0.05, 0) is 30.3 Å². The van der Waals surface area contributed by atoms with Crippen molar-refractivity contribution in [2.75, 3.05) is 5.32 Å². The molecule has 0 aliphatic heterocycles. The zero-order chi connectivity index (χ0) is 13.1. The number of aromatic hydroxyl groups is 1. The number of rotatable bonds is 2. The van der Waals surface area contributed by atoms with Crippen LogP contribution in [0.2, 0.25) is 5.02 Å². The van der Waals surface area contributed by atoms with Crippen molar-refractivity contribution < 1.29 is 9.90 Å². The van der Waals surface area contributed by atoms with Crippen molar-refractivity contribution in [1.82, 2.24) is 0 Å². The molecule has 0 saturated carbocycles. The van der Waals surface area contributed by atoms with Gasteiger partial charge in [-0.25, -0.2) is 0 Å². The highest BCUT2D eigenvalue weighted by Gasteiger charge is 2.09. The fourth-order valence-electron chi connectivity index (χ4n) is 1.46. The van der Waals surface area contributed by atoms with Crippen LogP contribution in [0.25, 0.3) is 0 Å². The maximum atomic E-state index is 12.0. The summed E-state index contributed by atoms with van der Waals surface area (Å²) in [5.74, 6) is -0.313. The summed E-state index contributed by atoms with van der Waals surface area (Å²) in [6, 6.07) is 11.4. The average molecular weight is 327 g/mol. The Morgan fingerprint density at radius 3 is 2.61 bits per heavy atom. The summed E-state index contributed by atoms with van der Waals surface area (Å²) in [6.45, 7) is 0. The van der Waals surface area contributed by atoms with Crippen LogP contribution < -0.4 is 5.32 Å². The molecular weight excluding hydrogens is 318 g/mol. The van der Waals surface area contributed by atoms with E-state index in [1.165, 1.54) is 6.07 Å². The van der Waals surface area contributed by atoms with E-state index in [0.717, 1.165) is 4.47 Å². The lowest BCUT2D eigenvalue weighted by Gasteiger charge is -2.07. The molecule has 0 heterocycles. The third kappa shape index (κ3) is 3.03. The summed E-state index contributed by atoms with van der Waals surface area (Å²) in [5.41, 5.74) is 0.774. The van der Waals surface area contributed by atoms with Crippen molar-refractivity contribution >= 4 is 39.1 Å². The van der Waals surface area contributed by atoms with Crippen LogP contribution in [-0.2, 0) is 0 Å². The van der Waals surface area contributed by atoms with Gasteiger partial charge in [-0.3, -0.25) is 4.79 Å². The predicted molar refractivity (Wildman–Crippen MR) is 75.2 cm³/mol. The fourth-order valence-corrected chi connectivity index (χ4v) is 2.32. The maximum Gasteiger partial charge on any atom is 0.255 e. The molecule has 2 N–H and O–H groups in total. The first kappa shape index (κ1) is 12.9. The molecule has 0 unspecified atom stereocenters. The van der Waals surface area contributed by atoms with Crippen molar-refractivity contribution in [2.24, 2.45) is 0 Å². The van der Waals surface area contributed by atoms with Gasteiger partial charge in [0.05, 0.1) is 5.69 Å². The first-order valence-corrected chi connectivity index (χ1v) is 6.29. The van der Waals surface area contributed by atoms with E-state index >= 15 is 0 Å². The van der Waals surface area contributed by atoms with Crippen molar-refractivity contribution in [3.05, 3.63) is 57.5 Å². The Balaban J connectivity index is 2.25. The fraction of sp³-hybridized carbons (Fsp3) is 0. The minimum absolute atomic E-state index is 0.0203. The van der Waals surface area contributed by atoms with Gasteiger partial charge in [0.2, 0.25) is 0 Å². The summed E-state index contributed by atoms with van der Waals surface area (Å²) < 4.78 is 0.720. The molecule has 5 heteroatoms. The quantitative estimate of drug-likeness (QED) is 0.818. The van der Waals surface area contributed by atoms with Gasteiger partial charge in [0.25, 0.3) is 5.91 Å². The molecule has 92 valence electrons. The highest BCUT2D eigenvalue weighted by molar-refractivity contribution is 9.10. The van der Waals surface area contributed by atoms with Crippen LogP contribution in [0, 0.1) is 0 Å². The molecule has 0 radical (unpaired) electrons. The Morgan fingerprint density at radius 2 is 1.94 bits per heavy atom. The Hall–Kier alpha value is -1.52. The first-order valence-electron chi connectivity index (χ1n) is 5.12. The van der Waals surface area contributed by atoms with Crippen molar-refractivity contribution in [3.63, 3.8) is 0 Å². The van der Waals surface area contributed by atoms with E-state index in [4.69, 9.17) is 11.6 Å². The molecule has 0 atom stereocenters. The number of anilines is 1. The molecule has 0 saturated heterocycles. The largest absolute Gasteiger partial charge is 0.506 e. The van der Waals surface area contributed by atoms with Crippen molar-refractivity contribution in [3.8, 4) is 5.75 Å². The number of halogens is 2. The predicted octanol–water partition coefficient (Wildman–Crippen LogP) is 4.06. The number of benzene rings is 2. The minimum atomic E-state index is -0.334. The second-order valence-corrected chi connectivity index (χ2v) is 4.98. The number of phenolic OH excluding ortho intramolecular Hbond substituents is 1. The third-order valence-corrected chi connectivity index (χ3v) is 2.95. The normalized spacial score (nSPS) is 10.1. The first-order chi connectivity index (χ1) is 8.56. The summed E-state index contributed by atoms with van der Waals surface area (Å²) in [7, 11) is 0. The van der Waals surface area contributed by atoms with E-state index in [-0.39, 0.29) is 11.7 Å². The van der Waals surface area contributed by atoms with Crippen LogP contribution in [0.5, 0.6) is 5.75 Å². The molecule has 2 aromatic rings. The lowest BCUT2D eigenvalue weighted by atomic mass is 10.2. The molecule has 0 fully saturated rings. The molecule has 0 spiro atoms. The molecule has 18 heavy (non-hydrogen) atoms. The Labute approximate surface area is 118 Å². The van der Waals surface area contributed by atoms with Gasteiger partial charge in [0.15, 0.2) is 0 Å². The Kier molecular flexibility index (Phi) is 3.89. The van der Waals surface area contributed by atoms with Crippen LogP contribution in [0.4, 0.5) is 5.69 Å². The van der Waals surface area contributed by atoms with E-state index in [0.29, 0.717) is 16.3 Å². The number of hydrogen-bond acceptors (Lipinski definition) is 2. The summed E-state index contributed by atoms with van der Waals surface area (Å²) in [5, 5.41) is 12.6. The minimum Gasteiger partial charge on any atom is -0.506 e. The number of hydrogen-bond donors (Lipinski definition) is 2. The molecule has 2 aromatic carbocycles. The van der Waals surface area contributed by atoms with Gasteiger partial charge < -0.3 is 10.4 Å². The Bertz CT molecular complexity index is 581. The molecule has 0 aromatic heterocycles. The smallest absolute Gasteiger partial charge is 0.255 e. The van der Waals surface area contributed by atoms with Crippen LogP contribution in [0.15, 0.2) is 46.9 Å². The number of para-hydroxylation sites is 2. The van der Waals surface area contributed by atoms with Crippen LogP contribution in [-0.4, -0.2) is 11.0 Å². The standard InChI is InChI=1S/C13H9BrClNO2/c14-9-5-8(6-10(15)7-9)13(18)16-11-3-1-2-4-12(11)17/h1-7,17H,(H,16,18). The van der Waals surface area contributed by atoms with E-state index in [2.05, 4.69) is 21.2 Å². The van der Waals surface area contributed by atoms with Crippen LogP contribution in [0.1, 0.15) is 10.4 Å². The summed E-state index contributed by atoms with van der Waals surface area (Å²) in [4.78, 5) is 12.0. The van der Waals surface area contributed by atoms with Crippen molar-refractivity contribution in [2.45, 2.75) is 0 Å². The van der Waals surface area contributed by atoms with E-state index in [1.807, 2.05) is 0 Å². The molecule has 0 bridgehead atoms. The molecular formula is C13H9BrClNO2. The van der Waals surface area contributed by atoms with Crippen molar-refractivity contribution in [1.29, 1.82) is 0 Å². The number of carbonyl (C=O) groups excluding carboxylic acids is 1. The van der Waals surface area contributed by atoms with Gasteiger partial charge in [-0.1, -0.05) is 39.7 Å². The van der Waals surface area contributed by atoms with Gasteiger partial charge in [-0.2, -0.15) is 0 Å². The lowest BCUT2D eigenvalue weighted by molar-refractivity contribution is 0.102. The van der Waals surface area contributed by atoms with Gasteiger partial charge in [0.1, 0.15) is 5.75 Å². The molecule has 1 amide bonds. The zero-order valence-corrected chi connectivity index (χ0v) is 11.5. The number of carbonyl (C=O) groups is 1. The monoisotopic (exact) mass is 325 g/mol. The number of amides is 1. The van der Waals surface area contributed by atoms with Crippen LogP contribution in [0.3, 0.4) is 0 Å². The zero-order valence-electron chi connectivity index (χ0n) is 9.15. The van der Waals surface area contributed by atoms with Gasteiger partial charge >= 0.3 is 0 Å².